The van der Waals surface area contributed by atoms with E-state index in [2.05, 4.69) is 39.8 Å². The van der Waals surface area contributed by atoms with E-state index in [0.29, 0.717) is 17.3 Å². The molecule has 0 aliphatic heterocycles. The molecule has 1 aromatic rings. The van der Waals surface area contributed by atoms with Gasteiger partial charge in [-0.15, -0.1) is 0 Å². The lowest BCUT2D eigenvalue weighted by Gasteiger charge is -2.39. The fraction of sp³-hybridized carbons (Fsp3) is 0.636. The van der Waals surface area contributed by atoms with Crippen LogP contribution < -0.4 is 9.47 Å². The third kappa shape index (κ3) is 2.85. The van der Waals surface area contributed by atoms with Gasteiger partial charge in [0.15, 0.2) is 11.5 Å². The van der Waals surface area contributed by atoms with Crippen molar-refractivity contribution in [1.82, 2.24) is 0 Å². The van der Waals surface area contributed by atoms with Crippen LogP contribution in [-0.4, -0.2) is 14.2 Å². The molecule has 0 bridgehead atoms. The van der Waals surface area contributed by atoms with Gasteiger partial charge in [-0.2, -0.15) is 0 Å². The first-order valence-electron chi connectivity index (χ1n) is 9.34. The van der Waals surface area contributed by atoms with E-state index in [1.165, 1.54) is 36.0 Å². The van der Waals surface area contributed by atoms with Crippen LogP contribution in [-0.2, 0) is 12.8 Å². The Morgan fingerprint density at radius 1 is 1.12 bits per heavy atom. The molecule has 0 aromatic heterocycles. The first-order valence-corrected chi connectivity index (χ1v) is 9.34. The molecule has 2 heteroatoms. The van der Waals surface area contributed by atoms with Crippen LogP contribution >= 0.6 is 0 Å². The third-order valence-electron chi connectivity index (χ3n) is 6.16. The van der Waals surface area contributed by atoms with Crippen LogP contribution in [0, 0.1) is 11.3 Å². The van der Waals surface area contributed by atoms with Crippen LogP contribution in [0.2, 0.25) is 0 Å². The Kier molecular flexibility index (Phi) is 4.68. The number of allylic oxidation sites excluding steroid dienone is 2. The highest BCUT2D eigenvalue weighted by Gasteiger charge is 2.37. The quantitative estimate of drug-likeness (QED) is 0.665. The summed E-state index contributed by atoms with van der Waals surface area (Å²) in [6.45, 7) is 9.34. The molecule has 1 atom stereocenters. The van der Waals surface area contributed by atoms with Crippen molar-refractivity contribution in [1.29, 1.82) is 0 Å². The van der Waals surface area contributed by atoms with Gasteiger partial charge >= 0.3 is 0 Å². The van der Waals surface area contributed by atoms with E-state index in [-0.39, 0.29) is 0 Å². The maximum Gasteiger partial charge on any atom is 0.164 e. The van der Waals surface area contributed by atoms with E-state index in [4.69, 9.17) is 9.47 Å². The lowest BCUT2D eigenvalue weighted by Crippen LogP contribution is -2.29. The van der Waals surface area contributed by atoms with E-state index in [9.17, 15) is 0 Å². The van der Waals surface area contributed by atoms with Crippen LogP contribution in [0.15, 0.2) is 17.7 Å². The zero-order chi connectivity index (χ0) is 17.5. The fourth-order valence-electron chi connectivity index (χ4n) is 4.75. The SMILES string of the molecule is COc1c(C(C)C)cc2c(c1OC)CC1=CCCC(C)(C)[C@@H]1CC2. The van der Waals surface area contributed by atoms with Gasteiger partial charge in [0.2, 0.25) is 0 Å². The van der Waals surface area contributed by atoms with Gasteiger partial charge in [-0.25, -0.2) is 0 Å². The third-order valence-corrected chi connectivity index (χ3v) is 6.16. The predicted molar refractivity (Wildman–Crippen MR) is 100 cm³/mol. The molecule has 0 unspecified atom stereocenters. The summed E-state index contributed by atoms with van der Waals surface area (Å²) in [5, 5.41) is 0. The van der Waals surface area contributed by atoms with Crippen molar-refractivity contribution in [3.63, 3.8) is 0 Å². The molecule has 2 aliphatic carbocycles. The summed E-state index contributed by atoms with van der Waals surface area (Å²) in [4.78, 5) is 0. The average Bonchev–Trinajstić information content (AvgIpc) is 2.72. The number of aryl methyl sites for hydroxylation is 1. The highest BCUT2D eigenvalue weighted by Crippen LogP contribution is 2.49. The molecule has 0 fully saturated rings. The second kappa shape index (κ2) is 6.46. The van der Waals surface area contributed by atoms with Gasteiger partial charge in [-0.1, -0.05) is 45.4 Å². The van der Waals surface area contributed by atoms with Gasteiger partial charge in [0.25, 0.3) is 0 Å². The van der Waals surface area contributed by atoms with Crippen LogP contribution in [0.3, 0.4) is 0 Å². The zero-order valence-corrected chi connectivity index (χ0v) is 16.2. The Morgan fingerprint density at radius 2 is 1.83 bits per heavy atom. The second-order valence-electron chi connectivity index (χ2n) is 8.40. The highest BCUT2D eigenvalue weighted by molar-refractivity contribution is 5.58. The van der Waals surface area contributed by atoms with E-state index in [1.54, 1.807) is 19.8 Å². The van der Waals surface area contributed by atoms with Crippen molar-refractivity contribution >= 4 is 0 Å². The summed E-state index contributed by atoms with van der Waals surface area (Å²) < 4.78 is 11.6. The number of ether oxygens (including phenoxy) is 2. The van der Waals surface area contributed by atoms with Gasteiger partial charge in [-0.05, 0) is 54.9 Å². The van der Waals surface area contributed by atoms with Crippen LogP contribution in [0.5, 0.6) is 11.5 Å². The van der Waals surface area contributed by atoms with Gasteiger partial charge in [0.1, 0.15) is 0 Å². The summed E-state index contributed by atoms with van der Waals surface area (Å²) in [6.07, 6.45) is 8.40. The molecule has 0 saturated carbocycles. The van der Waals surface area contributed by atoms with Crippen LogP contribution in [0.4, 0.5) is 0 Å². The minimum atomic E-state index is 0.407. The Balaban J connectivity index is 2.13. The summed E-state index contributed by atoms with van der Waals surface area (Å²) in [5.74, 6) is 3.01. The standard InChI is InChI=1S/C22H32O2/c1-14(2)17-12-15-9-10-19-16(8-7-11-22(19,3)4)13-18(15)21(24-6)20(17)23-5/h8,12,14,19H,7,9-11,13H2,1-6H3/t19-/m1/s1. The van der Waals surface area contributed by atoms with E-state index < -0.39 is 0 Å². The Bertz CT molecular complexity index is 652. The maximum atomic E-state index is 5.86. The van der Waals surface area contributed by atoms with E-state index in [1.807, 2.05) is 0 Å². The molecule has 1 aromatic carbocycles. The summed E-state index contributed by atoms with van der Waals surface area (Å²) >= 11 is 0. The number of rotatable bonds is 3. The van der Waals surface area contributed by atoms with Gasteiger partial charge in [0.05, 0.1) is 14.2 Å². The van der Waals surface area contributed by atoms with E-state index in [0.717, 1.165) is 24.3 Å². The molecule has 2 aliphatic rings. The maximum absolute atomic E-state index is 5.86. The first-order chi connectivity index (χ1) is 11.4. The molecule has 0 spiro atoms. The lowest BCUT2D eigenvalue weighted by molar-refractivity contribution is 0.203. The summed E-state index contributed by atoms with van der Waals surface area (Å²) in [5.41, 5.74) is 6.10. The van der Waals surface area contributed by atoms with Crippen molar-refractivity contribution in [2.24, 2.45) is 11.3 Å². The monoisotopic (exact) mass is 328 g/mol. The molecule has 0 saturated heterocycles. The van der Waals surface area contributed by atoms with Crippen molar-refractivity contribution in [2.75, 3.05) is 14.2 Å². The number of benzene rings is 1. The van der Waals surface area contributed by atoms with Gasteiger partial charge in [-0.3, -0.25) is 0 Å². The topological polar surface area (TPSA) is 18.5 Å². The molecular weight excluding hydrogens is 296 g/mol. The van der Waals surface area contributed by atoms with Crippen LogP contribution in [0.25, 0.3) is 0 Å². The Morgan fingerprint density at radius 3 is 2.46 bits per heavy atom. The second-order valence-corrected chi connectivity index (χ2v) is 8.40. The molecule has 3 rings (SSSR count). The van der Waals surface area contributed by atoms with Crippen molar-refractivity contribution < 1.29 is 9.47 Å². The minimum absolute atomic E-state index is 0.407. The number of hydrogen-bond donors (Lipinski definition) is 0. The van der Waals surface area contributed by atoms with Crippen molar-refractivity contribution in [3.05, 3.63) is 34.4 Å². The Labute approximate surface area is 147 Å². The average molecular weight is 328 g/mol. The summed E-state index contributed by atoms with van der Waals surface area (Å²) in [6, 6.07) is 2.38. The number of fused-ring (bicyclic) bond motifs is 2. The fourth-order valence-corrected chi connectivity index (χ4v) is 4.75. The minimum Gasteiger partial charge on any atom is -0.493 e. The zero-order valence-electron chi connectivity index (χ0n) is 16.2. The number of methoxy groups -OCH3 is 2. The Hall–Kier alpha value is -1.44. The van der Waals surface area contributed by atoms with Crippen LogP contribution in [0.1, 0.15) is 69.6 Å². The van der Waals surface area contributed by atoms with Crippen molar-refractivity contribution in [3.8, 4) is 11.5 Å². The molecule has 132 valence electrons. The first kappa shape index (κ1) is 17.4. The van der Waals surface area contributed by atoms with Gasteiger partial charge < -0.3 is 9.47 Å². The highest BCUT2D eigenvalue weighted by atomic mass is 16.5. The van der Waals surface area contributed by atoms with E-state index >= 15 is 0 Å². The molecule has 0 amide bonds. The molecule has 0 heterocycles. The summed E-state index contributed by atoms with van der Waals surface area (Å²) in [7, 11) is 3.54. The predicted octanol–water partition coefficient (Wildman–Crippen LogP) is 5.68. The largest absolute Gasteiger partial charge is 0.493 e. The molecular formula is C22H32O2. The lowest BCUT2D eigenvalue weighted by atomic mass is 9.66. The smallest absolute Gasteiger partial charge is 0.164 e. The van der Waals surface area contributed by atoms with Gasteiger partial charge in [0, 0.05) is 11.1 Å². The number of hydrogen-bond acceptors (Lipinski definition) is 2. The molecule has 24 heavy (non-hydrogen) atoms. The van der Waals surface area contributed by atoms with Crippen molar-refractivity contribution in [2.45, 2.75) is 65.7 Å². The molecule has 0 N–H and O–H groups in total. The molecule has 2 nitrogen and oxygen atoms in total. The normalized spacial score (nSPS) is 22.3. The molecule has 0 radical (unpaired) electrons.